The summed E-state index contributed by atoms with van der Waals surface area (Å²) in [5, 5.41) is 20.7. The fourth-order valence-electron chi connectivity index (χ4n) is 1.54. The predicted octanol–water partition coefficient (Wildman–Crippen LogP) is 4.42. The summed E-state index contributed by atoms with van der Waals surface area (Å²) in [5.41, 5.74) is 0.657. The van der Waals surface area contributed by atoms with E-state index in [9.17, 15) is 15.2 Å². The summed E-state index contributed by atoms with van der Waals surface area (Å²) in [5.74, 6) is -0.395. The van der Waals surface area contributed by atoms with Crippen molar-refractivity contribution in [1.82, 2.24) is 0 Å². The number of aliphatic imine (C=N–C) groups is 1. The van der Waals surface area contributed by atoms with Gasteiger partial charge >= 0.3 is 5.69 Å². The van der Waals surface area contributed by atoms with Gasteiger partial charge in [-0.3, -0.25) is 15.1 Å². The number of para-hydroxylation sites is 1. The summed E-state index contributed by atoms with van der Waals surface area (Å²) in [6, 6.07) is 10.3. The smallest absolute Gasteiger partial charge is 0.312 e. The summed E-state index contributed by atoms with van der Waals surface area (Å²) >= 11 is 5.32. The number of aromatic hydroxyl groups is 1. The van der Waals surface area contributed by atoms with Crippen LogP contribution in [0.1, 0.15) is 5.56 Å². The summed E-state index contributed by atoms with van der Waals surface area (Å²) in [4.78, 5) is 14.4. The molecule has 2 aromatic rings. The third kappa shape index (κ3) is 3.34. The number of phenolic OH excluding ortho intramolecular Hbond substituents is 1. The molecule has 0 heterocycles. The highest BCUT2D eigenvalue weighted by Gasteiger charge is 2.17. The Morgan fingerprint density at radius 3 is 2.70 bits per heavy atom. The minimum Gasteiger partial charge on any atom is -0.502 e. The molecule has 0 atom stereocenters. The highest BCUT2D eigenvalue weighted by Crippen LogP contribution is 2.33. The van der Waals surface area contributed by atoms with E-state index in [4.69, 9.17) is 0 Å². The molecule has 5 nitrogen and oxygen atoms in total. The van der Waals surface area contributed by atoms with Gasteiger partial charge in [0, 0.05) is 25.9 Å². The van der Waals surface area contributed by atoms with Crippen LogP contribution in [0.4, 0.5) is 11.4 Å². The summed E-state index contributed by atoms with van der Waals surface area (Å²) in [7, 11) is 0. The van der Waals surface area contributed by atoms with Crippen LogP contribution in [0.5, 0.6) is 5.75 Å². The molecule has 2 aromatic carbocycles. The molecular formula is C13H8BrIN2O3. The highest BCUT2D eigenvalue weighted by molar-refractivity contribution is 14.1. The molecule has 0 aromatic heterocycles. The Labute approximate surface area is 136 Å². The van der Waals surface area contributed by atoms with Crippen molar-refractivity contribution in [2.24, 2.45) is 4.99 Å². The van der Waals surface area contributed by atoms with Gasteiger partial charge in [-0.05, 0) is 40.8 Å². The first-order valence-corrected chi connectivity index (χ1v) is 7.31. The van der Waals surface area contributed by atoms with E-state index in [0.29, 0.717) is 4.47 Å². The summed E-state index contributed by atoms with van der Waals surface area (Å²) in [6.45, 7) is 0. The molecule has 1 N–H and O–H groups in total. The second-order valence-corrected chi connectivity index (χ2v) is 5.91. The molecule has 0 saturated heterocycles. The number of halogens is 2. The maximum atomic E-state index is 10.8. The van der Waals surface area contributed by atoms with Crippen molar-refractivity contribution < 1.29 is 10.0 Å². The van der Waals surface area contributed by atoms with Gasteiger partial charge in [0.25, 0.3) is 0 Å². The van der Waals surface area contributed by atoms with Crippen LogP contribution in [0.2, 0.25) is 0 Å². The van der Waals surface area contributed by atoms with Gasteiger partial charge in [0.05, 0.1) is 10.6 Å². The van der Waals surface area contributed by atoms with E-state index in [1.165, 1.54) is 12.3 Å². The number of phenols is 1. The Balaban J connectivity index is 2.44. The zero-order valence-electron chi connectivity index (χ0n) is 9.96. The van der Waals surface area contributed by atoms with Crippen LogP contribution in [0.25, 0.3) is 0 Å². The molecule has 20 heavy (non-hydrogen) atoms. The molecule has 0 aliphatic heterocycles. The van der Waals surface area contributed by atoms with E-state index in [-0.39, 0.29) is 11.3 Å². The van der Waals surface area contributed by atoms with Crippen molar-refractivity contribution in [1.29, 1.82) is 0 Å². The lowest BCUT2D eigenvalue weighted by atomic mass is 10.2. The van der Waals surface area contributed by atoms with E-state index in [1.54, 1.807) is 6.07 Å². The average Bonchev–Trinajstić information content (AvgIpc) is 2.40. The van der Waals surface area contributed by atoms with Crippen LogP contribution in [0.15, 0.2) is 45.9 Å². The van der Waals surface area contributed by atoms with Crippen molar-refractivity contribution in [3.05, 3.63) is 60.1 Å². The van der Waals surface area contributed by atoms with Crippen molar-refractivity contribution in [2.75, 3.05) is 0 Å². The topological polar surface area (TPSA) is 75.7 Å². The number of rotatable bonds is 3. The Hall–Kier alpha value is -1.48. The molecule has 0 spiro atoms. The Kier molecular flexibility index (Phi) is 4.71. The van der Waals surface area contributed by atoms with Crippen LogP contribution < -0.4 is 0 Å². The normalized spacial score (nSPS) is 10.9. The Bertz CT molecular complexity index is 704. The second-order valence-electron chi connectivity index (χ2n) is 3.83. The van der Waals surface area contributed by atoms with Gasteiger partial charge in [-0.2, -0.15) is 0 Å². The fraction of sp³-hybridized carbons (Fsp3) is 0. The molecule has 0 radical (unpaired) electrons. The average molecular weight is 447 g/mol. The van der Waals surface area contributed by atoms with Crippen LogP contribution in [0, 0.1) is 13.7 Å². The Morgan fingerprint density at radius 2 is 2.05 bits per heavy atom. The highest BCUT2D eigenvalue weighted by atomic mass is 127. The van der Waals surface area contributed by atoms with Crippen LogP contribution in [-0.2, 0) is 0 Å². The van der Waals surface area contributed by atoms with Gasteiger partial charge in [0.2, 0.25) is 5.75 Å². The number of nitrogens with zero attached hydrogens (tertiary/aromatic N) is 2. The zero-order valence-corrected chi connectivity index (χ0v) is 13.7. The SMILES string of the molecule is O=[N+]([O-])c1cc(Br)cc(C=Nc2ccccc2I)c1O. The van der Waals surface area contributed by atoms with Crippen molar-refractivity contribution in [2.45, 2.75) is 0 Å². The van der Waals surface area contributed by atoms with Crippen molar-refractivity contribution >= 4 is 56.1 Å². The number of benzene rings is 2. The van der Waals surface area contributed by atoms with Crippen molar-refractivity contribution in [3.8, 4) is 5.75 Å². The molecule has 2 rings (SSSR count). The quantitative estimate of drug-likeness (QED) is 0.328. The molecule has 0 saturated carbocycles. The molecule has 0 bridgehead atoms. The number of hydrogen-bond donors (Lipinski definition) is 1. The third-order valence-corrected chi connectivity index (χ3v) is 3.85. The molecule has 0 aliphatic carbocycles. The molecule has 0 unspecified atom stereocenters. The van der Waals surface area contributed by atoms with Gasteiger partial charge in [-0.15, -0.1) is 0 Å². The van der Waals surface area contributed by atoms with Gasteiger partial charge < -0.3 is 5.11 Å². The predicted molar refractivity (Wildman–Crippen MR) is 88.9 cm³/mol. The Morgan fingerprint density at radius 1 is 1.35 bits per heavy atom. The van der Waals surface area contributed by atoms with E-state index in [0.717, 1.165) is 9.26 Å². The standard InChI is InChI=1S/C13H8BrIN2O3/c14-9-5-8(13(18)12(6-9)17(19)20)7-16-11-4-2-1-3-10(11)15/h1-7,18H. The fourth-order valence-corrected chi connectivity index (χ4v) is 2.53. The van der Waals surface area contributed by atoms with Crippen LogP contribution >= 0.6 is 38.5 Å². The number of nitro groups is 1. The first-order chi connectivity index (χ1) is 9.49. The third-order valence-electron chi connectivity index (χ3n) is 2.48. The van der Waals surface area contributed by atoms with E-state index >= 15 is 0 Å². The first kappa shape index (κ1) is 14.9. The lowest BCUT2D eigenvalue weighted by Crippen LogP contribution is -1.92. The molecule has 0 aliphatic rings. The van der Waals surface area contributed by atoms with Crippen LogP contribution in [0.3, 0.4) is 0 Å². The van der Waals surface area contributed by atoms with E-state index in [2.05, 4.69) is 43.5 Å². The zero-order chi connectivity index (χ0) is 14.7. The molecule has 0 amide bonds. The maximum absolute atomic E-state index is 10.8. The lowest BCUT2D eigenvalue weighted by molar-refractivity contribution is -0.385. The minimum atomic E-state index is -0.635. The van der Waals surface area contributed by atoms with Gasteiger partial charge in [0.15, 0.2) is 0 Å². The first-order valence-electron chi connectivity index (χ1n) is 5.44. The second kappa shape index (κ2) is 6.31. The molecular weight excluding hydrogens is 439 g/mol. The monoisotopic (exact) mass is 446 g/mol. The summed E-state index contributed by atoms with van der Waals surface area (Å²) < 4.78 is 1.46. The largest absolute Gasteiger partial charge is 0.502 e. The van der Waals surface area contributed by atoms with E-state index in [1.807, 2.05) is 24.3 Å². The minimum absolute atomic E-state index is 0.283. The maximum Gasteiger partial charge on any atom is 0.312 e. The number of hydrogen-bond acceptors (Lipinski definition) is 4. The van der Waals surface area contributed by atoms with Gasteiger partial charge in [0.1, 0.15) is 0 Å². The summed E-state index contributed by atoms with van der Waals surface area (Å²) in [6.07, 6.45) is 1.41. The number of nitro benzene ring substituents is 1. The van der Waals surface area contributed by atoms with Crippen molar-refractivity contribution in [3.63, 3.8) is 0 Å². The van der Waals surface area contributed by atoms with E-state index < -0.39 is 10.7 Å². The molecule has 7 heteroatoms. The molecule has 102 valence electrons. The van der Waals surface area contributed by atoms with Crippen LogP contribution in [-0.4, -0.2) is 16.2 Å². The van der Waals surface area contributed by atoms with Gasteiger partial charge in [-0.1, -0.05) is 28.1 Å². The lowest BCUT2D eigenvalue weighted by Gasteiger charge is -2.02. The van der Waals surface area contributed by atoms with Gasteiger partial charge in [-0.25, -0.2) is 0 Å². The molecule has 0 fully saturated rings.